The van der Waals surface area contributed by atoms with Gasteiger partial charge in [0.05, 0.1) is 35.0 Å². The molecule has 0 amide bonds. The van der Waals surface area contributed by atoms with Crippen LogP contribution in [0.5, 0.6) is 28.7 Å². The van der Waals surface area contributed by atoms with Crippen molar-refractivity contribution in [2.75, 3.05) is 35.0 Å². The number of rotatable bonds is 10. The molecule has 10 heteroatoms. The molecule has 2 aromatic carbocycles. The summed E-state index contributed by atoms with van der Waals surface area (Å²) in [6.45, 7) is -0.545. The van der Waals surface area contributed by atoms with E-state index >= 15 is 0 Å². The second-order valence-corrected chi connectivity index (χ2v) is 7.83. The average molecular weight is 481 g/mol. The summed E-state index contributed by atoms with van der Waals surface area (Å²) in [6.07, 6.45) is -5.62. The van der Waals surface area contributed by atoms with Crippen molar-refractivity contribution in [3.05, 3.63) is 41.5 Å². The molecule has 1 heterocycles. The topological polar surface area (TPSA) is 136 Å². The molecule has 3 rings (SSSR count). The van der Waals surface area contributed by atoms with E-state index in [9.17, 15) is 20.4 Å². The number of benzene rings is 2. The summed E-state index contributed by atoms with van der Waals surface area (Å²) < 4.78 is 32.8. The molecule has 1 saturated heterocycles. The van der Waals surface area contributed by atoms with Crippen LogP contribution in [0.2, 0.25) is 0 Å². The molecule has 10 nitrogen and oxygen atoms in total. The van der Waals surface area contributed by atoms with Gasteiger partial charge in [-0.25, -0.2) is 0 Å². The van der Waals surface area contributed by atoms with E-state index in [1.54, 1.807) is 33.5 Å². The highest BCUT2D eigenvalue weighted by Gasteiger charge is 2.45. The Kier molecular flexibility index (Phi) is 8.81. The van der Waals surface area contributed by atoms with Crippen LogP contribution in [0, 0.1) is 0 Å². The van der Waals surface area contributed by atoms with Gasteiger partial charge in [-0.3, -0.25) is 0 Å². The van der Waals surface area contributed by atoms with E-state index < -0.39 is 37.3 Å². The van der Waals surface area contributed by atoms with Gasteiger partial charge in [-0.1, -0.05) is 6.07 Å². The number of aryl methyl sites for hydroxylation is 2. The molecule has 0 radical (unpaired) electrons. The van der Waals surface area contributed by atoms with Crippen molar-refractivity contribution in [1.29, 1.82) is 0 Å². The van der Waals surface area contributed by atoms with Crippen LogP contribution in [-0.4, -0.2) is 86.2 Å². The SMILES string of the molecule is COc1ccc(CCc2cc(OC)c(OC)c(OC)c2)cc1O[C@@H]1O[C@H](CO)[C@@H](O)[C@H](O)[C@H]1O. The standard InChI is InChI=1S/C24H32O10/c1-29-15-8-7-13(5-6-14-10-17(30-2)23(32-4)18(11-14)31-3)9-16(15)33-24-22(28)21(27)20(26)19(12-25)34-24/h7-11,19-22,24-28H,5-6,12H2,1-4H3/t19-,20-,21+,22-,24-/m1/s1. The Morgan fingerprint density at radius 1 is 0.706 bits per heavy atom. The third kappa shape index (κ3) is 5.48. The van der Waals surface area contributed by atoms with E-state index in [0.717, 1.165) is 11.1 Å². The van der Waals surface area contributed by atoms with Crippen molar-refractivity contribution in [1.82, 2.24) is 0 Å². The Morgan fingerprint density at radius 2 is 1.29 bits per heavy atom. The summed E-state index contributed by atoms with van der Waals surface area (Å²) in [7, 11) is 6.15. The smallest absolute Gasteiger partial charge is 0.229 e. The first-order chi connectivity index (χ1) is 16.4. The molecular formula is C24H32O10. The highest BCUT2D eigenvalue weighted by Crippen LogP contribution is 2.39. The fraction of sp³-hybridized carbons (Fsp3) is 0.500. The van der Waals surface area contributed by atoms with Gasteiger partial charge in [0, 0.05) is 0 Å². The quantitative estimate of drug-likeness (QED) is 0.384. The summed E-state index contributed by atoms with van der Waals surface area (Å²) >= 11 is 0. The van der Waals surface area contributed by atoms with Crippen LogP contribution in [0.4, 0.5) is 0 Å². The lowest BCUT2D eigenvalue weighted by atomic mass is 9.99. The molecule has 1 fully saturated rings. The molecule has 0 bridgehead atoms. The lowest BCUT2D eigenvalue weighted by Crippen LogP contribution is -2.60. The molecule has 0 unspecified atom stereocenters. The van der Waals surface area contributed by atoms with Crippen LogP contribution in [0.1, 0.15) is 11.1 Å². The number of methoxy groups -OCH3 is 4. The van der Waals surface area contributed by atoms with Crippen molar-refractivity contribution in [2.45, 2.75) is 43.5 Å². The van der Waals surface area contributed by atoms with Crippen molar-refractivity contribution in [3.63, 3.8) is 0 Å². The van der Waals surface area contributed by atoms with E-state index in [2.05, 4.69) is 0 Å². The fourth-order valence-corrected chi connectivity index (χ4v) is 3.83. The van der Waals surface area contributed by atoms with Gasteiger partial charge in [0.15, 0.2) is 23.0 Å². The lowest BCUT2D eigenvalue weighted by molar-refractivity contribution is -0.277. The van der Waals surface area contributed by atoms with Gasteiger partial charge < -0.3 is 48.8 Å². The molecule has 0 saturated carbocycles. The zero-order valence-electron chi connectivity index (χ0n) is 19.6. The van der Waals surface area contributed by atoms with Gasteiger partial charge in [0.2, 0.25) is 12.0 Å². The van der Waals surface area contributed by atoms with Crippen molar-refractivity contribution in [3.8, 4) is 28.7 Å². The average Bonchev–Trinajstić information content (AvgIpc) is 2.86. The number of aliphatic hydroxyl groups excluding tert-OH is 4. The number of aliphatic hydroxyl groups is 4. The predicted molar refractivity (Wildman–Crippen MR) is 121 cm³/mol. The minimum absolute atomic E-state index is 0.286. The lowest BCUT2D eigenvalue weighted by Gasteiger charge is -2.39. The molecule has 0 aromatic heterocycles. The van der Waals surface area contributed by atoms with Crippen LogP contribution in [0.15, 0.2) is 30.3 Å². The van der Waals surface area contributed by atoms with Crippen LogP contribution >= 0.6 is 0 Å². The van der Waals surface area contributed by atoms with Crippen LogP contribution in [0.3, 0.4) is 0 Å². The van der Waals surface area contributed by atoms with E-state index in [4.69, 9.17) is 28.4 Å². The second kappa shape index (κ2) is 11.6. The first-order valence-electron chi connectivity index (χ1n) is 10.8. The van der Waals surface area contributed by atoms with Crippen LogP contribution < -0.4 is 23.7 Å². The monoisotopic (exact) mass is 480 g/mol. The highest BCUT2D eigenvalue weighted by molar-refractivity contribution is 5.54. The maximum absolute atomic E-state index is 10.3. The maximum atomic E-state index is 10.3. The molecule has 0 aliphatic carbocycles. The summed E-state index contributed by atoms with van der Waals surface area (Å²) in [6, 6.07) is 9.13. The zero-order chi connectivity index (χ0) is 24.8. The Hall–Kier alpha value is -2.76. The Bertz CT molecular complexity index is 922. The molecule has 1 aliphatic heterocycles. The van der Waals surface area contributed by atoms with Crippen LogP contribution in [0.25, 0.3) is 0 Å². The molecule has 188 valence electrons. The summed E-state index contributed by atoms with van der Waals surface area (Å²) in [5.41, 5.74) is 1.89. The van der Waals surface area contributed by atoms with Crippen molar-refractivity contribution < 1.29 is 48.8 Å². The number of hydrogen-bond donors (Lipinski definition) is 4. The molecule has 2 aromatic rings. The van der Waals surface area contributed by atoms with E-state index in [1.165, 1.54) is 7.11 Å². The normalized spacial score (nSPS) is 24.4. The van der Waals surface area contributed by atoms with Gasteiger partial charge in [-0.05, 0) is 48.2 Å². The van der Waals surface area contributed by atoms with Crippen molar-refractivity contribution in [2.24, 2.45) is 0 Å². The summed E-state index contributed by atoms with van der Waals surface area (Å²) in [5.74, 6) is 2.34. The molecule has 5 atom stereocenters. The third-order valence-corrected chi connectivity index (χ3v) is 5.75. The molecule has 4 N–H and O–H groups in total. The van der Waals surface area contributed by atoms with Crippen molar-refractivity contribution >= 4 is 0 Å². The fourth-order valence-electron chi connectivity index (χ4n) is 3.83. The Labute approximate surface area is 198 Å². The minimum atomic E-state index is -1.54. The molecule has 34 heavy (non-hydrogen) atoms. The summed E-state index contributed by atoms with van der Waals surface area (Å²) in [5, 5.41) is 39.7. The van der Waals surface area contributed by atoms with E-state index in [0.29, 0.717) is 35.8 Å². The molecule has 1 aliphatic rings. The highest BCUT2D eigenvalue weighted by atomic mass is 16.7. The second-order valence-electron chi connectivity index (χ2n) is 7.83. The molecular weight excluding hydrogens is 448 g/mol. The summed E-state index contributed by atoms with van der Waals surface area (Å²) in [4.78, 5) is 0. The van der Waals surface area contributed by atoms with Gasteiger partial charge in [-0.2, -0.15) is 0 Å². The third-order valence-electron chi connectivity index (χ3n) is 5.75. The van der Waals surface area contributed by atoms with Gasteiger partial charge in [0.1, 0.15) is 24.4 Å². The van der Waals surface area contributed by atoms with Gasteiger partial charge in [-0.15, -0.1) is 0 Å². The largest absolute Gasteiger partial charge is 0.493 e. The first-order valence-corrected chi connectivity index (χ1v) is 10.8. The van der Waals surface area contributed by atoms with Gasteiger partial charge in [0.25, 0.3) is 0 Å². The first kappa shape index (κ1) is 25.9. The molecule has 0 spiro atoms. The zero-order valence-corrected chi connectivity index (χ0v) is 19.6. The van der Waals surface area contributed by atoms with E-state index in [1.807, 2.05) is 18.2 Å². The Balaban J connectivity index is 1.78. The Morgan fingerprint density at radius 3 is 1.85 bits per heavy atom. The number of hydrogen-bond acceptors (Lipinski definition) is 10. The van der Waals surface area contributed by atoms with Crippen LogP contribution in [-0.2, 0) is 17.6 Å². The van der Waals surface area contributed by atoms with Gasteiger partial charge >= 0.3 is 0 Å². The predicted octanol–water partition coefficient (Wildman–Crippen LogP) is 0.685. The number of ether oxygens (including phenoxy) is 6. The van der Waals surface area contributed by atoms with E-state index in [-0.39, 0.29) is 5.75 Å². The minimum Gasteiger partial charge on any atom is -0.493 e. The maximum Gasteiger partial charge on any atom is 0.229 e.